The number of halogens is 1. The van der Waals surface area contributed by atoms with Gasteiger partial charge in [-0.15, -0.1) is 0 Å². The summed E-state index contributed by atoms with van der Waals surface area (Å²) in [6.07, 6.45) is 0.485. The maximum atomic E-state index is 13.0. The molecule has 2 fully saturated rings. The second kappa shape index (κ2) is 8.06. The van der Waals surface area contributed by atoms with Crippen molar-refractivity contribution >= 4 is 6.09 Å². The predicted molar refractivity (Wildman–Crippen MR) is 98.5 cm³/mol. The Bertz CT molecular complexity index is 769. The first-order chi connectivity index (χ1) is 13.2. The molecule has 5 nitrogen and oxygen atoms in total. The second-order valence-electron chi connectivity index (χ2n) is 7.00. The van der Waals surface area contributed by atoms with E-state index in [4.69, 9.17) is 9.47 Å². The third-order valence-electron chi connectivity index (χ3n) is 5.23. The monoisotopic (exact) mass is 370 g/mol. The first kappa shape index (κ1) is 17.9. The molecule has 142 valence electrons. The van der Waals surface area contributed by atoms with Crippen LogP contribution in [-0.4, -0.2) is 42.3 Å². The first-order valence-corrected chi connectivity index (χ1v) is 9.27. The Labute approximate surface area is 158 Å². The van der Waals surface area contributed by atoms with Gasteiger partial charge in [-0.1, -0.05) is 42.5 Å². The van der Waals surface area contributed by atoms with Crippen LogP contribution in [0.4, 0.5) is 9.18 Å². The minimum Gasteiger partial charge on any atom is -0.445 e. The summed E-state index contributed by atoms with van der Waals surface area (Å²) in [7, 11) is 0. The van der Waals surface area contributed by atoms with Gasteiger partial charge in [0.1, 0.15) is 12.4 Å². The highest BCUT2D eigenvalue weighted by molar-refractivity contribution is 5.69. The molecule has 0 bridgehead atoms. The second-order valence-corrected chi connectivity index (χ2v) is 7.00. The molecule has 0 saturated carbocycles. The largest absolute Gasteiger partial charge is 0.445 e. The van der Waals surface area contributed by atoms with Crippen molar-refractivity contribution in [1.29, 1.82) is 0 Å². The molecule has 0 spiro atoms. The molecule has 6 heteroatoms. The fraction of sp³-hybridized carbons (Fsp3) is 0.381. The SMILES string of the molecule is O=C(OCc1ccccc1)N1C[C@H](OCc2ccc(F)cc2)[C@H]2NCC[C@H]21. The maximum absolute atomic E-state index is 13.0. The molecule has 2 saturated heterocycles. The van der Waals surface area contributed by atoms with Gasteiger partial charge in [0.05, 0.1) is 31.3 Å². The lowest BCUT2D eigenvalue weighted by atomic mass is 10.1. The molecule has 0 radical (unpaired) electrons. The molecule has 1 amide bonds. The van der Waals surface area contributed by atoms with E-state index in [1.165, 1.54) is 12.1 Å². The standard InChI is InChI=1S/C21H23FN2O3/c22-17-8-6-16(7-9-17)13-26-19-12-24(18-10-11-23-20(18)19)21(25)27-14-15-4-2-1-3-5-15/h1-9,18-20,23H,10-14H2/t18-,19+,20+/m1/s1. The average molecular weight is 370 g/mol. The number of nitrogens with zero attached hydrogens (tertiary/aromatic N) is 1. The number of hydrogen-bond donors (Lipinski definition) is 1. The summed E-state index contributed by atoms with van der Waals surface area (Å²) in [5, 5.41) is 3.44. The number of carbonyl (C=O) groups excluding carboxylic acids is 1. The number of hydrogen-bond acceptors (Lipinski definition) is 4. The van der Waals surface area contributed by atoms with Crippen LogP contribution in [0.15, 0.2) is 54.6 Å². The Morgan fingerprint density at radius 3 is 2.59 bits per heavy atom. The van der Waals surface area contributed by atoms with Crippen molar-refractivity contribution < 1.29 is 18.7 Å². The number of nitrogens with one attached hydrogen (secondary N) is 1. The Balaban J connectivity index is 1.35. The van der Waals surface area contributed by atoms with Crippen molar-refractivity contribution in [3.63, 3.8) is 0 Å². The molecule has 2 aliphatic heterocycles. The van der Waals surface area contributed by atoms with E-state index in [9.17, 15) is 9.18 Å². The molecule has 2 heterocycles. The highest BCUT2D eigenvalue weighted by Crippen LogP contribution is 2.29. The van der Waals surface area contributed by atoms with Crippen LogP contribution in [0.2, 0.25) is 0 Å². The van der Waals surface area contributed by atoms with Gasteiger partial charge in [-0.3, -0.25) is 0 Å². The molecular weight excluding hydrogens is 347 g/mol. The van der Waals surface area contributed by atoms with Gasteiger partial charge in [-0.25, -0.2) is 9.18 Å². The number of rotatable bonds is 5. The van der Waals surface area contributed by atoms with Crippen LogP contribution in [0.1, 0.15) is 17.5 Å². The lowest BCUT2D eigenvalue weighted by Crippen LogP contribution is -2.40. The zero-order valence-corrected chi connectivity index (χ0v) is 15.0. The van der Waals surface area contributed by atoms with Crippen molar-refractivity contribution in [2.75, 3.05) is 13.1 Å². The topological polar surface area (TPSA) is 50.8 Å². The molecular formula is C21H23FN2O3. The average Bonchev–Trinajstić information content (AvgIpc) is 3.30. The number of amides is 1. The van der Waals surface area contributed by atoms with Gasteiger partial charge in [-0.05, 0) is 36.2 Å². The third kappa shape index (κ3) is 4.12. The molecule has 1 N–H and O–H groups in total. The van der Waals surface area contributed by atoms with Gasteiger partial charge in [0.15, 0.2) is 0 Å². The van der Waals surface area contributed by atoms with Gasteiger partial charge in [-0.2, -0.15) is 0 Å². The number of carbonyl (C=O) groups is 1. The molecule has 0 aromatic heterocycles. The van der Waals surface area contributed by atoms with E-state index in [1.54, 1.807) is 17.0 Å². The van der Waals surface area contributed by atoms with Crippen molar-refractivity contribution in [2.45, 2.75) is 37.8 Å². The van der Waals surface area contributed by atoms with Crippen molar-refractivity contribution in [1.82, 2.24) is 10.2 Å². The third-order valence-corrected chi connectivity index (χ3v) is 5.23. The lowest BCUT2D eigenvalue weighted by molar-refractivity contribution is 0.0315. The Morgan fingerprint density at radius 1 is 1.07 bits per heavy atom. The summed E-state index contributed by atoms with van der Waals surface area (Å²) >= 11 is 0. The summed E-state index contributed by atoms with van der Waals surface area (Å²) in [5.74, 6) is -0.260. The van der Waals surface area contributed by atoms with Gasteiger partial charge in [0.25, 0.3) is 0 Å². The molecule has 4 rings (SSSR count). The van der Waals surface area contributed by atoms with E-state index in [1.807, 2.05) is 30.3 Å². The van der Waals surface area contributed by atoms with E-state index in [0.717, 1.165) is 24.1 Å². The molecule has 0 aliphatic carbocycles. The van der Waals surface area contributed by atoms with Gasteiger partial charge in [0.2, 0.25) is 0 Å². The summed E-state index contributed by atoms with van der Waals surface area (Å²) in [4.78, 5) is 14.4. The minimum atomic E-state index is -0.301. The van der Waals surface area contributed by atoms with Crippen molar-refractivity contribution in [3.05, 3.63) is 71.5 Å². The zero-order valence-electron chi connectivity index (χ0n) is 15.0. The van der Waals surface area contributed by atoms with Crippen LogP contribution >= 0.6 is 0 Å². The highest BCUT2D eigenvalue weighted by atomic mass is 19.1. The van der Waals surface area contributed by atoms with Gasteiger partial charge in [0, 0.05) is 0 Å². The van der Waals surface area contributed by atoms with E-state index < -0.39 is 0 Å². The van der Waals surface area contributed by atoms with E-state index in [0.29, 0.717) is 13.2 Å². The van der Waals surface area contributed by atoms with Crippen LogP contribution < -0.4 is 5.32 Å². The molecule has 2 aromatic rings. The lowest BCUT2D eigenvalue weighted by Gasteiger charge is -2.22. The predicted octanol–water partition coefficient (Wildman–Crippen LogP) is 3.09. The van der Waals surface area contributed by atoms with Crippen LogP contribution in [0.5, 0.6) is 0 Å². The van der Waals surface area contributed by atoms with Crippen molar-refractivity contribution in [2.24, 2.45) is 0 Å². The van der Waals surface area contributed by atoms with Crippen LogP contribution in [0.25, 0.3) is 0 Å². The number of benzene rings is 2. The number of likely N-dealkylation sites (tertiary alicyclic amines) is 1. The summed E-state index contributed by atoms with van der Waals surface area (Å²) < 4.78 is 24.6. The minimum absolute atomic E-state index is 0.0893. The quantitative estimate of drug-likeness (QED) is 0.879. The fourth-order valence-corrected chi connectivity index (χ4v) is 3.84. The first-order valence-electron chi connectivity index (χ1n) is 9.27. The Kier molecular flexibility index (Phi) is 5.36. The Hall–Kier alpha value is -2.44. The van der Waals surface area contributed by atoms with Crippen LogP contribution in [0, 0.1) is 5.82 Å². The molecule has 0 unspecified atom stereocenters. The highest BCUT2D eigenvalue weighted by Gasteiger charge is 2.47. The number of fused-ring (bicyclic) bond motifs is 1. The smallest absolute Gasteiger partial charge is 0.410 e. The van der Waals surface area contributed by atoms with Gasteiger partial charge >= 0.3 is 6.09 Å². The molecule has 2 aromatic carbocycles. The van der Waals surface area contributed by atoms with Crippen molar-refractivity contribution in [3.8, 4) is 0 Å². The zero-order chi connectivity index (χ0) is 18.6. The van der Waals surface area contributed by atoms with E-state index >= 15 is 0 Å². The molecule has 3 atom stereocenters. The fourth-order valence-electron chi connectivity index (χ4n) is 3.84. The summed E-state index contributed by atoms with van der Waals surface area (Å²) in [6.45, 7) is 2.01. The van der Waals surface area contributed by atoms with Crippen LogP contribution in [-0.2, 0) is 22.7 Å². The van der Waals surface area contributed by atoms with E-state index in [2.05, 4.69) is 5.32 Å². The van der Waals surface area contributed by atoms with E-state index in [-0.39, 0.29) is 36.7 Å². The van der Waals surface area contributed by atoms with Crippen LogP contribution in [0.3, 0.4) is 0 Å². The summed E-state index contributed by atoms with van der Waals surface area (Å²) in [6, 6.07) is 16.1. The maximum Gasteiger partial charge on any atom is 0.410 e. The Morgan fingerprint density at radius 2 is 1.81 bits per heavy atom. The molecule has 2 aliphatic rings. The van der Waals surface area contributed by atoms with Gasteiger partial charge < -0.3 is 19.7 Å². The normalized spacial score (nSPS) is 24.0. The summed E-state index contributed by atoms with van der Waals surface area (Å²) in [5.41, 5.74) is 1.88. The molecule has 27 heavy (non-hydrogen) atoms. The number of ether oxygens (including phenoxy) is 2.